The summed E-state index contributed by atoms with van der Waals surface area (Å²) in [4.78, 5) is 31.5. The number of Topliss-reactive ketones (excluding diaryl/α,β-unsaturated/α-hetero) is 1. The number of rotatable bonds is 3. The van der Waals surface area contributed by atoms with E-state index < -0.39 is 17.7 Å². The molecule has 1 fully saturated rings. The van der Waals surface area contributed by atoms with E-state index in [-0.39, 0.29) is 11.3 Å². The summed E-state index contributed by atoms with van der Waals surface area (Å²) in [7, 11) is 0. The SMILES string of the molecule is Cc1ccc(N2C(=O)C(=O)/C(=C(\O)c3ccc(Br)cc3)C2c2cccnc2)cc1. The molecule has 1 amide bonds. The number of pyridine rings is 1. The predicted octanol–water partition coefficient (Wildman–Crippen LogP) is 4.78. The number of carbonyl (C=O) groups is 2. The molecule has 1 aliphatic heterocycles. The summed E-state index contributed by atoms with van der Waals surface area (Å²) in [6.07, 6.45) is 3.23. The molecule has 2 aromatic carbocycles. The number of nitrogens with zero attached hydrogens (tertiary/aromatic N) is 2. The highest BCUT2D eigenvalue weighted by Gasteiger charge is 2.47. The van der Waals surface area contributed by atoms with Gasteiger partial charge in [0.2, 0.25) is 0 Å². The molecule has 5 nitrogen and oxygen atoms in total. The predicted molar refractivity (Wildman–Crippen MR) is 114 cm³/mol. The minimum atomic E-state index is -0.768. The quantitative estimate of drug-likeness (QED) is 0.355. The highest BCUT2D eigenvalue weighted by Crippen LogP contribution is 2.41. The lowest BCUT2D eigenvalue weighted by molar-refractivity contribution is -0.132. The molecule has 1 aliphatic rings. The van der Waals surface area contributed by atoms with Crippen LogP contribution in [-0.4, -0.2) is 21.8 Å². The van der Waals surface area contributed by atoms with Crippen molar-refractivity contribution in [1.82, 2.24) is 4.98 Å². The zero-order chi connectivity index (χ0) is 20.5. The van der Waals surface area contributed by atoms with Crippen LogP contribution in [0.25, 0.3) is 5.76 Å². The Labute approximate surface area is 176 Å². The van der Waals surface area contributed by atoms with Gasteiger partial charge in [-0.25, -0.2) is 0 Å². The van der Waals surface area contributed by atoms with E-state index >= 15 is 0 Å². The van der Waals surface area contributed by atoms with Crippen molar-refractivity contribution >= 4 is 39.1 Å². The van der Waals surface area contributed by atoms with Crippen LogP contribution in [0.2, 0.25) is 0 Å². The first-order chi connectivity index (χ1) is 14.0. The first kappa shape index (κ1) is 19.1. The third-order valence-corrected chi connectivity index (χ3v) is 5.40. The van der Waals surface area contributed by atoms with Crippen LogP contribution in [-0.2, 0) is 9.59 Å². The van der Waals surface area contributed by atoms with Gasteiger partial charge in [0, 0.05) is 28.1 Å². The van der Waals surface area contributed by atoms with Gasteiger partial charge >= 0.3 is 0 Å². The molecular formula is C23H17BrN2O3. The van der Waals surface area contributed by atoms with E-state index in [0.717, 1.165) is 10.0 Å². The fraction of sp³-hybridized carbons (Fsp3) is 0.0870. The molecule has 4 rings (SSSR count). The van der Waals surface area contributed by atoms with Crippen LogP contribution in [0.4, 0.5) is 5.69 Å². The number of aliphatic hydroxyl groups excluding tert-OH is 1. The number of halogens is 1. The van der Waals surface area contributed by atoms with Gasteiger partial charge in [0.05, 0.1) is 11.6 Å². The third kappa shape index (κ3) is 3.47. The Balaban J connectivity index is 1.93. The zero-order valence-electron chi connectivity index (χ0n) is 15.5. The fourth-order valence-electron chi connectivity index (χ4n) is 3.42. The number of hydrogen-bond acceptors (Lipinski definition) is 4. The first-order valence-corrected chi connectivity index (χ1v) is 9.80. The Morgan fingerprint density at radius 1 is 1.03 bits per heavy atom. The molecule has 1 saturated heterocycles. The number of aliphatic hydroxyl groups is 1. The molecule has 0 saturated carbocycles. The van der Waals surface area contributed by atoms with Crippen molar-refractivity contribution < 1.29 is 14.7 Å². The first-order valence-electron chi connectivity index (χ1n) is 9.01. The minimum absolute atomic E-state index is 0.0471. The van der Waals surface area contributed by atoms with Gasteiger partial charge in [-0.05, 0) is 42.8 Å². The Morgan fingerprint density at radius 3 is 2.34 bits per heavy atom. The second-order valence-corrected chi connectivity index (χ2v) is 7.71. The van der Waals surface area contributed by atoms with E-state index in [1.165, 1.54) is 4.90 Å². The van der Waals surface area contributed by atoms with Crippen LogP contribution in [0.3, 0.4) is 0 Å². The topological polar surface area (TPSA) is 70.5 Å². The van der Waals surface area contributed by atoms with Crippen LogP contribution in [0.1, 0.15) is 22.7 Å². The lowest BCUT2D eigenvalue weighted by Crippen LogP contribution is -2.29. The number of hydrogen-bond donors (Lipinski definition) is 1. The fourth-order valence-corrected chi connectivity index (χ4v) is 3.68. The van der Waals surface area contributed by atoms with Gasteiger partial charge in [0.25, 0.3) is 11.7 Å². The number of aryl methyl sites for hydroxylation is 1. The molecule has 0 aliphatic carbocycles. The monoisotopic (exact) mass is 448 g/mol. The van der Waals surface area contributed by atoms with Crippen LogP contribution < -0.4 is 4.90 Å². The highest BCUT2D eigenvalue weighted by atomic mass is 79.9. The molecule has 6 heteroatoms. The number of carbonyl (C=O) groups excluding carboxylic acids is 2. The van der Waals surface area contributed by atoms with Crippen molar-refractivity contribution in [3.05, 3.63) is 99.8 Å². The Morgan fingerprint density at radius 2 is 1.72 bits per heavy atom. The molecule has 29 heavy (non-hydrogen) atoms. The largest absolute Gasteiger partial charge is 0.507 e. The average Bonchev–Trinajstić information content (AvgIpc) is 3.00. The maximum atomic E-state index is 13.0. The summed E-state index contributed by atoms with van der Waals surface area (Å²) in [6.45, 7) is 1.95. The highest BCUT2D eigenvalue weighted by molar-refractivity contribution is 9.10. The summed E-state index contributed by atoms with van der Waals surface area (Å²) in [5.74, 6) is -1.61. The van der Waals surface area contributed by atoms with Gasteiger partial charge in [-0.2, -0.15) is 0 Å². The number of benzene rings is 2. The molecule has 0 radical (unpaired) electrons. The molecular weight excluding hydrogens is 432 g/mol. The number of amides is 1. The van der Waals surface area contributed by atoms with Gasteiger partial charge in [-0.15, -0.1) is 0 Å². The van der Waals surface area contributed by atoms with Gasteiger partial charge in [0.1, 0.15) is 5.76 Å². The standard InChI is InChI=1S/C23H17BrN2O3/c1-14-4-10-18(11-5-14)26-20(16-3-2-12-25-13-16)19(22(28)23(26)29)21(27)15-6-8-17(24)9-7-15/h2-13,20,27H,1H3/b21-19-. The van der Waals surface area contributed by atoms with Crippen molar-refractivity contribution in [2.45, 2.75) is 13.0 Å². The van der Waals surface area contributed by atoms with E-state index in [0.29, 0.717) is 16.8 Å². The van der Waals surface area contributed by atoms with Crippen LogP contribution >= 0.6 is 15.9 Å². The average molecular weight is 449 g/mol. The normalized spacial score (nSPS) is 18.3. The number of anilines is 1. The Kier molecular flexibility index (Phi) is 5.03. The van der Waals surface area contributed by atoms with Crippen molar-refractivity contribution in [2.24, 2.45) is 0 Å². The molecule has 0 spiro atoms. The summed E-state index contributed by atoms with van der Waals surface area (Å²) in [5, 5.41) is 11.0. The van der Waals surface area contributed by atoms with E-state index in [4.69, 9.17) is 0 Å². The summed E-state index contributed by atoms with van der Waals surface area (Å²) < 4.78 is 0.845. The number of aromatic nitrogens is 1. The lowest BCUT2D eigenvalue weighted by atomic mass is 9.96. The van der Waals surface area contributed by atoms with Crippen molar-refractivity contribution in [3.8, 4) is 0 Å². The summed E-state index contributed by atoms with van der Waals surface area (Å²) >= 11 is 3.36. The minimum Gasteiger partial charge on any atom is -0.507 e. The molecule has 144 valence electrons. The van der Waals surface area contributed by atoms with Gasteiger partial charge < -0.3 is 5.11 Å². The maximum Gasteiger partial charge on any atom is 0.300 e. The smallest absolute Gasteiger partial charge is 0.300 e. The molecule has 2 heterocycles. The lowest BCUT2D eigenvalue weighted by Gasteiger charge is -2.25. The Hall–Kier alpha value is -3.25. The van der Waals surface area contributed by atoms with E-state index in [1.54, 1.807) is 60.9 Å². The van der Waals surface area contributed by atoms with Gasteiger partial charge in [-0.3, -0.25) is 19.5 Å². The molecule has 0 bridgehead atoms. The third-order valence-electron chi connectivity index (χ3n) is 4.87. The maximum absolute atomic E-state index is 13.0. The second-order valence-electron chi connectivity index (χ2n) is 6.80. The summed E-state index contributed by atoms with van der Waals surface area (Å²) in [5.41, 5.74) is 2.78. The second kappa shape index (κ2) is 7.64. The molecule has 1 aromatic heterocycles. The van der Waals surface area contributed by atoms with E-state index in [1.807, 2.05) is 19.1 Å². The molecule has 3 aromatic rings. The van der Waals surface area contributed by atoms with E-state index in [9.17, 15) is 14.7 Å². The van der Waals surface area contributed by atoms with Crippen molar-refractivity contribution in [3.63, 3.8) is 0 Å². The van der Waals surface area contributed by atoms with Gasteiger partial charge in [-0.1, -0.05) is 51.8 Å². The summed E-state index contributed by atoms with van der Waals surface area (Å²) in [6, 6.07) is 17.0. The van der Waals surface area contributed by atoms with Crippen LogP contribution in [0, 0.1) is 6.92 Å². The van der Waals surface area contributed by atoms with Crippen molar-refractivity contribution in [2.75, 3.05) is 4.90 Å². The van der Waals surface area contributed by atoms with Crippen LogP contribution in [0.5, 0.6) is 0 Å². The van der Waals surface area contributed by atoms with Gasteiger partial charge in [0.15, 0.2) is 0 Å². The molecule has 1 N–H and O–H groups in total. The van der Waals surface area contributed by atoms with Crippen LogP contribution in [0.15, 0.2) is 83.1 Å². The van der Waals surface area contributed by atoms with Crippen molar-refractivity contribution in [1.29, 1.82) is 0 Å². The Bertz CT molecular complexity index is 1110. The zero-order valence-corrected chi connectivity index (χ0v) is 17.1. The van der Waals surface area contributed by atoms with E-state index in [2.05, 4.69) is 20.9 Å². The molecule has 1 unspecified atom stereocenters. The number of ketones is 1. The molecule has 1 atom stereocenters.